The van der Waals surface area contributed by atoms with E-state index in [1.54, 1.807) is 29.3 Å². The Hall–Kier alpha value is -1.75. The van der Waals surface area contributed by atoms with Gasteiger partial charge in [-0.25, -0.2) is 0 Å². The second kappa shape index (κ2) is 4.18. The lowest BCUT2D eigenvalue weighted by molar-refractivity contribution is 0.162. The van der Waals surface area contributed by atoms with Gasteiger partial charge >= 0.3 is 0 Å². The SMILES string of the molecule is Cn1cc(NCC(O)c2ccco2)cn1. The Labute approximate surface area is 87.3 Å². The quantitative estimate of drug-likeness (QED) is 0.789. The predicted octanol–water partition coefficient (Wildman–Crippen LogP) is 1.16. The first-order chi connectivity index (χ1) is 7.25. The third kappa shape index (κ3) is 2.38. The van der Waals surface area contributed by atoms with Gasteiger partial charge in [0, 0.05) is 19.8 Å². The van der Waals surface area contributed by atoms with Crippen LogP contribution < -0.4 is 5.32 Å². The minimum Gasteiger partial charge on any atom is -0.467 e. The monoisotopic (exact) mass is 207 g/mol. The number of rotatable bonds is 4. The maximum atomic E-state index is 9.69. The van der Waals surface area contributed by atoms with Crippen molar-refractivity contribution in [2.24, 2.45) is 7.05 Å². The summed E-state index contributed by atoms with van der Waals surface area (Å²) in [6.45, 7) is 0.402. The Bertz CT molecular complexity index is 408. The molecule has 0 aliphatic heterocycles. The summed E-state index contributed by atoms with van der Waals surface area (Å²) in [5.41, 5.74) is 0.878. The fourth-order valence-corrected chi connectivity index (χ4v) is 1.31. The summed E-state index contributed by atoms with van der Waals surface area (Å²) in [5.74, 6) is 0.561. The van der Waals surface area contributed by atoms with Crippen LogP contribution in [0.1, 0.15) is 11.9 Å². The van der Waals surface area contributed by atoms with Gasteiger partial charge < -0.3 is 14.8 Å². The summed E-state index contributed by atoms with van der Waals surface area (Å²) in [4.78, 5) is 0. The van der Waals surface area contributed by atoms with Gasteiger partial charge in [0.05, 0.1) is 18.1 Å². The number of aliphatic hydroxyl groups is 1. The minimum absolute atomic E-state index is 0.402. The van der Waals surface area contributed by atoms with E-state index in [1.165, 1.54) is 0 Å². The molecule has 2 N–H and O–H groups in total. The Morgan fingerprint density at radius 3 is 3.13 bits per heavy atom. The van der Waals surface area contributed by atoms with Crippen LogP contribution in [0.4, 0.5) is 5.69 Å². The number of hydrogen-bond donors (Lipinski definition) is 2. The first-order valence-corrected chi connectivity index (χ1v) is 4.69. The highest BCUT2D eigenvalue weighted by Gasteiger charge is 2.09. The van der Waals surface area contributed by atoms with Gasteiger partial charge in [-0.2, -0.15) is 5.10 Å². The minimum atomic E-state index is -0.639. The van der Waals surface area contributed by atoms with Crippen LogP contribution in [0.25, 0.3) is 0 Å². The molecule has 2 heterocycles. The molecule has 1 unspecified atom stereocenters. The maximum Gasteiger partial charge on any atom is 0.134 e. The van der Waals surface area contributed by atoms with Crippen LogP contribution in [0.5, 0.6) is 0 Å². The van der Waals surface area contributed by atoms with Gasteiger partial charge in [0.25, 0.3) is 0 Å². The Kier molecular flexibility index (Phi) is 2.73. The fraction of sp³-hybridized carbons (Fsp3) is 0.300. The largest absolute Gasteiger partial charge is 0.467 e. The highest BCUT2D eigenvalue weighted by atomic mass is 16.4. The molecule has 0 aromatic carbocycles. The number of hydrogen-bond acceptors (Lipinski definition) is 4. The maximum absolute atomic E-state index is 9.69. The Morgan fingerprint density at radius 2 is 2.53 bits per heavy atom. The lowest BCUT2D eigenvalue weighted by Crippen LogP contribution is -2.10. The molecule has 0 saturated heterocycles. The number of nitrogens with one attached hydrogen (secondary N) is 1. The molecule has 2 aromatic rings. The van der Waals surface area contributed by atoms with E-state index in [0.29, 0.717) is 12.3 Å². The number of aliphatic hydroxyl groups excluding tert-OH is 1. The Morgan fingerprint density at radius 1 is 1.67 bits per heavy atom. The average molecular weight is 207 g/mol. The molecule has 80 valence electrons. The second-order valence-corrected chi connectivity index (χ2v) is 3.31. The van der Waals surface area contributed by atoms with E-state index in [2.05, 4.69) is 10.4 Å². The number of aryl methyl sites for hydroxylation is 1. The van der Waals surface area contributed by atoms with Crippen LogP contribution in [0.3, 0.4) is 0 Å². The zero-order chi connectivity index (χ0) is 10.7. The van der Waals surface area contributed by atoms with E-state index >= 15 is 0 Å². The standard InChI is InChI=1S/C10H13N3O2/c1-13-7-8(5-12-13)11-6-9(14)10-3-2-4-15-10/h2-5,7,9,11,14H,6H2,1H3. The summed E-state index contributed by atoms with van der Waals surface area (Å²) < 4.78 is 6.77. The molecule has 1 atom stereocenters. The molecule has 0 bridgehead atoms. The van der Waals surface area contributed by atoms with E-state index in [4.69, 9.17) is 4.42 Å². The molecule has 0 amide bonds. The van der Waals surface area contributed by atoms with Crippen LogP contribution >= 0.6 is 0 Å². The molecule has 0 saturated carbocycles. The molecule has 5 heteroatoms. The molecule has 2 aromatic heterocycles. The van der Waals surface area contributed by atoms with E-state index in [-0.39, 0.29) is 0 Å². The highest BCUT2D eigenvalue weighted by molar-refractivity contribution is 5.38. The first kappa shape index (κ1) is 9.79. The molecular formula is C10H13N3O2. The fourth-order valence-electron chi connectivity index (χ4n) is 1.31. The lowest BCUT2D eigenvalue weighted by Gasteiger charge is -2.08. The van der Waals surface area contributed by atoms with Crippen molar-refractivity contribution < 1.29 is 9.52 Å². The van der Waals surface area contributed by atoms with Crippen molar-refractivity contribution in [3.63, 3.8) is 0 Å². The topological polar surface area (TPSA) is 63.2 Å². The van der Waals surface area contributed by atoms with Gasteiger partial charge in [-0.15, -0.1) is 0 Å². The smallest absolute Gasteiger partial charge is 0.134 e. The molecule has 0 fully saturated rings. The molecule has 0 radical (unpaired) electrons. The van der Waals surface area contributed by atoms with Crippen LogP contribution in [-0.4, -0.2) is 21.4 Å². The summed E-state index contributed by atoms with van der Waals surface area (Å²) in [6.07, 6.45) is 4.45. The van der Waals surface area contributed by atoms with Gasteiger partial charge in [-0.1, -0.05) is 0 Å². The van der Waals surface area contributed by atoms with Crippen LogP contribution in [-0.2, 0) is 7.05 Å². The van der Waals surface area contributed by atoms with Gasteiger partial charge in [0.15, 0.2) is 0 Å². The van der Waals surface area contributed by atoms with Crippen LogP contribution in [0.2, 0.25) is 0 Å². The van der Waals surface area contributed by atoms with Crippen LogP contribution in [0, 0.1) is 0 Å². The zero-order valence-corrected chi connectivity index (χ0v) is 8.42. The molecule has 0 aliphatic carbocycles. The highest BCUT2D eigenvalue weighted by Crippen LogP contribution is 2.14. The summed E-state index contributed by atoms with van der Waals surface area (Å²) >= 11 is 0. The van der Waals surface area contributed by atoms with Crippen LogP contribution in [0.15, 0.2) is 35.2 Å². The number of anilines is 1. The molecule has 0 aliphatic rings. The first-order valence-electron chi connectivity index (χ1n) is 4.69. The average Bonchev–Trinajstić information content (AvgIpc) is 2.84. The third-order valence-corrected chi connectivity index (χ3v) is 2.08. The number of nitrogens with zero attached hydrogens (tertiary/aromatic N) is 2. The van der Waals surface area contributed by atoms with Crippen molar-refractivity contribution in [1.29, 1.82) is 0 Å². The Balaban J connectivity index is 1.88. The van der Waals surface area contributed by atoms with Crippen molar-refractivity contribution in [2.45, 2.75) is 6.10 Å². The molecule has 2 rings (SSSR count). The van der Waals surface area contributed by atoms with E-state index in [9.17, 15) is 5.11 Å². The lowest BCUT2D eigenvalue weighted by atomic mass is 10.3. The van der Waals surface area contributed by atoms with E-state index in [0.717, 1.165) is 5.69 Å². The summed E-state index contributed by atoms with van der Waals surface area (Å²) in [5, 5.41) is 16.8. The molecule has 0 spiro atoms. The summed E-state index contributed by atoms with van der Waals surface area (Å²) in [7, 11) is 1.84. The van der Waals surface area contributed by atoms with Gasteiger partial charge in [0.1, 0.15) is 11.9 Å². The third-order valence-electron chi connectivity index (χ3n) is 2.08. The normalized spacial score (nSPS) is 12.7. The van der Waals surface area contributed by atoms with Gasteiger partial charge in [0.2, 0.25) is 0 Å². The summed E-state index contributed by atoms with van der Waals surface area (Å²) in [6, 6.07) is 3.50. The van der Waals surface area contributed by atoms with Crippen molar-refractivity contribution in [2.75, 3.05) is 11.9 Å². The number of furan rings is 1. The van der Waals surface area contributed by atoms with Crippen molar-refractivity contribution in [1.82, 2.24) is 9.78 Å². The molecular weight excluding hydrogens is 194 g/mol. The number of aromatic nitrogens is 2. The van der Waals surface area contributed by atoms with Crippen molar-refractivity contribution in [3.05, 3.63) is 36.5 Å². The van der Waals surface area contributed by atoms with Crippen molar-refractivity contribution in [3.8, 4) is 0 Å². The zero-order valence-electron chi connectivity index (χ0n) is 8.42. The van der Waals surface area contributed by atoms with E-state index in [1.807, 2.05) is 13.2 Å². The molecule has 5 nitrogen and oxygen atoms in total. The predicted molar refractivity (Wildman–Crippen MR) is 55.4 cm³/mol. The van der Waals surface area contributed by atoms with E-state index < -0.39 is 6.10 Å². The van der Waals surface area contributed by atoms with Gasteiger partial charge in [-0.3, -0.25) is 4.68 Å². The second-order valence-electron chi connectivity index (χ2n) is 3.31. The molecule has 15 heavy (non-hydrogen) atoms. The van der Waals surface area contributed by atoms with Crippen molar-refractivity contribution >= 4 is 5.69 Å². The van der Waals surface area contributed by atoms with Gasteiger partial charge in [-0.05, 0) is 12.1 Å².